The van der Waals surface area contributed by atoms with Gasteiger partial charge < -0.3 is 18.6 Å². The maximum Gasteiger partial charge on any atom is 0.230 e. The monoisotopic (exact) mass is 333 g/mol. The molecule has 3 rings (SSSR count). The lowest BCUT2D eigenvalue weighted by atomic mass is 10.0. The van der Waals surface area contributed by atoms with Crippen LogP contribution in [0.4, 0.5) is 0 Å². The van der Waals surface area contributed by atoms with Crippen molar-refractivity contribution in [3.05, 3.63) is 29.0 Å². The van der Waals surface area contributed by atoms with Crippen LogP contribution in [0.5, 0.6) is 17.2 Å². The minimum Gasteiger partial charge on any atom is -0.493 e. The predicted octanol–water partition coefficient (Wildman–Crippen LogP) is 2.00. The molecule has 24 heavy (non-hydrogen) atoms. The van der Waals surface area contributed by atoms with Gasteiger partial charge in [0.1, 0.15) is 0 Å². The Hall–Kier alpha value is -2.28. The van der Waals surface area contributed by atoms with Crippen LogP contribution in [0.3, 0.4) is 0 Å². The van der Waals surface area contributed by atoms with Crippen LogP contribution < -0.4 is 14.2 Å². The van der Waals surface area contributed by atoms with Crippen LogP contribution in [0.25, 0.3) is 0 Å². The molecule has 0 unspecified atom stereocenters. The summed E-state index contributed by atoms with van der Waals surface area (Å²) in [6.07, 6.45) is 1.77. The molecule has 1 aliphatic rings. The summed E-state index contributed by atoms with van der Waals surface area (Å²) >= 11 is 0. The summed E-state index contributed by atoms with van der Waals surface area (Å²) in [5, 5.41) is 7.98. The van der Waals surface area contributed by atoms with Gasteiger partial charge in [0.05, 0.1) is 27.9 Å². The van der Waals surface area contributed by atoms with Crippen molar-refractivity contribution >= 4 is 0 Å². The Bertz CT molecular complexity index is 714. The van der Waals surface area contributed by atoms with Crippen molar-refractivity contribution in [1.29, 1.82) is 0 Å². The number of hydrogen-bond donors (Lipinski definition) is 0. The second-order valence-electron chi connectivity index (χ2n) is 5.77. The van der Waals surface area contributed by atoms with Gasteiger partial charge in [-0.15, -0.1) is 10.2 Å². The van der Waals surface area contributed by atoms with E-state index >= 15 is 0 Å². The van der Waals surface area contributed by atoms with E-state index in [2.05, 4.69) is 21.2 Å². The van der Waals surface area contributed by atoms with Gasteiger partial charge in [0, 0.05) is 25.6 Å². The number of aromatic nitrogens is 2. The molecule has 1 aromatic heterocycles. The molecule has 1 aromatic carbocycles. The van der Waals surface area contributed by atoms with Crippen molar-refractivity contribution < 1.29 is 18.6 Å². The van der Waals surface area contributed by atoms with E-state index in [4.69, 9.17) is 18.6 Å². The van der Waals surface area contributed by atoms with Crippen LogP contribution in [0.1, 0.15) is 22.9 Å². The fourth-order valence-corrected chi connectivity index (χ4v) is 3.17. The van der Waals surface area contributed by atoms with Gasteiger partial charge in [-0.25, -0.2) is 0 Å². The van der Waals surface area contributed by atoms with Crippen LogP contribution >= 0.6 is 0 Å². The Balaban J connectivity index is 1.84. The van der Waals surface area contributed by atoms with Gasteiger partial charge in [-0.05, 0) is 24.5 Å². The zero-order chi connectivity index (χ0) is 17.1. The fraction of sp³-hybridized carbons (Fsp3) is 0.529. The summed E-state index contributed by atoms with van der Waals surface area (Å²) in [6.45, 7) is 4.26. The van der Waals surface area contributed by atoms with Crippen molar-refractivity contribution in [3.63, 3.8) is 0 Å². The number of rotatable bonds is 5. The van der Waals surface area contributed by atoms with E-state index in [-0.39, 0.29) is 0 Å². The largest absolute Gasteiger partial charge is 0.493 e. The molecule has 0 bridgehead atoms. The highest BCUT2D eigenvalue weighted by Crippen LogP contribution is 2.43. The predicted molar refractivity (Wildman–Crippen MR) is 87.8 cm³/mol. The maximum absolute atomic E-state index is 5.63. The van der Waals surface area contributed by atoms with Crippen LogP contribution in [0.15, 0.2) is 10.5 Å². The minimum atomic E-state index is 0.597. The summed E-state index contributed by atoms with van der Waals surface area (Å²) in [4.78, 5) is 2.31. The first-order valence-electron chi connectivity index (χ1n) is 7.98. The summed E-state index contributed by atoms with van der Waals surface area (Å²) in [5.74, 6) is 3.37. The average Bonchev–Trinajstić information content (AvgIpc) is 2.89. The van der Waals surface area contributed by atoms with Gasteiger partial charge in [-0.1, -0.05) is 0 Å². The van der Waals surface area contributed by atoms with E-state index in [0.29, 0.717) is 29.8 Å². The molecule has 0 atom stereocenters. The van der Waals surface area contributed by atoms with Gasteiger partial charge in [0.15, 0.2) is 11.5 Å². The summed E-state index contributed by atoms with van der Waals surface area (Å²) in [5.41, 5.74) is 2.41. The van der Waals surface area contributed by atoms with Crippen molar-refractivity contribution in [2.24, 2.45) is 0 Å². The topological polar surface area (TPSA) is 69.8 Å². The Morgan fingerprint density at radius 1 is 1.04 bits per heavy atom. The molecule has 0 radical (unpaired) electrons. The summed E-state index contributed by atoms with van der Waals surface area (Å²) in [7, 11) is 4.94. The van der Waals surface area contributed by atoms with Crippen molar-refractivity contribution in [1.82, 2.24) is 15.1 Å². The van der Waals surface area contributed by atoms with E-state index in [1.54, 1.807) is 28.3 Å². The lowest BCUT2D eigenvalue weighted by Gasteiger charge is -2.18. The zero-order valence-electron chi connectivity index (χ0n) is 14.6. The molecule has 0 N–H and O–H groups in total. The van der Waals surface area contributed by atoms with E-state index in [1.807, 2.05) is 0 Å². The molecule has 0 aliphatic carbocycles. The molecule has 0 fully saturated rings. The van der Waals surface area contributed by atoms with Gasteiger partial charge in [-0.3, -0.25) is 4.90 Å². The van der Waals surface area contributed by atoms with Crippen LogP contribution in [0, 0.1) is 6.92 Å². The molecule has 130 valence electrons. The SMILES string of the molecule is COc1cc2c(c(OC)c1OC)CCN(Cc1nnc(C)o1)CC2. The number of fused-ring (bicyclic) bond motifs is 1. The van der Waals surface area contributed by atoms with Crippen molar-refractivity contribution in [2.75, 3.05) is 34.4 Å². The van der Waals surface area contributed by atoms with Gasteiger partial charge >= 0.3 is 0 Å². The first-order chi connectivity index (χ1) is 11.7. The Labute approximate surface area is 141 Å². The minimum absolute atomic E-state index is 0.597. The molecule has 0 saturated heterocycles. The smallest absolute Gasteiger partial charge is 0.230 e. The number of ether oxygens (including phenoxy) is 3. The van der Waals surface area contributed by atoms with Crippen LogP contribution in [0.2, 0.25) is 0 Å². The lowest BCUT2D eigenvalue weighted by molar-refractivity contribution is 0.247. The van der Waals surface area contributed by atoms with E-state index in [1.165, 1.54) is 11.1 Å². The molecule has 0 amide bonds. The zero-order valence-corrected chi connectivity index (χ0v) is 14.6. The molecular formula is C17H23N3O4. The quantitative estimate of drug-likeness (QED) is 0.829. The lowest BCUT2D eigenvalue weighted by Crippen LogP contribution is -2.26. The van der Waals surface area contributed by atoms with E-state index in [9.17, 15) is 0 Å². The normalized spacial score (nSPS) is 14.8. The number of nitrogens with zero attached hydrogens (tertiary/aromatic N) is 3. The van der Waals surface area contributed by atoms with Crippen molar-refractivity contribution in [2.45, 2.75) is 26.3 Å². The Kier molecular flexibility index (Phi) is 4.89. The molecule has 7 nitrogen and oxygen atoms in total. The van der Waals surface area contributed by atoms with Crippen molar-refractivity contribution in [3.8, 4) is 17.2 Å². The molecule has 0 saturated carbocycles. The van der Waals surface area contributed by atoms with Gasteiger partial charge in [0.25, 0.3) is 0 Å². The molecule has 1 aliphatic heterocycles. The molecule has 2 aromatic rings. The Morgan fingerprint density at radius 2 is 1.79 bits per heavy atom. The number of hydrogen-bond acceptors (Lipinski definition) is 7. The van der Waals surface area contributed by atoms with Gasteiger partial charge in [-0.2, -0.15) is 0 Å². The molecular weight excluding hydrogens is 310 g/mol. The average molecular weight is 333 g/mol. The Morgan fingerprint density at radius 3 is 2.42 bits per heavy atom. The maximum atomic E-state index is 5.63. The highest BCUT2D eigenvalue weighted by molar-refractivity contribution is 5.59. The highest BCUT2D eigenvalue weighted by Gasteiger charge is 2.24. The standard InChI is InChI=1S/C17H23N3O4/c1-11-18-19-15(24-11)10-20-7-5-12-9-14(21-2)17(23-4)16(22-3)13(12)6-8-20/h9H,5-8,10H2,1-4H3. The van der Waals surface area contributed by atoms with E-state index < -0.39 is 0 Å². The molecule has 7 heteroatoms. The molecule has 0 spiro atoms. The van der Waals surface area contributed by atoms with Crippen LogP contribution in [-0.2, 0) is 19.4 Å². The molecule has 2 heterocycles. The highest BCUT2D eigenvalue weighted by atomic mass is 16.5. The summed E-state index contributed by atoms with van der Waals surface area (Å²) < 4.78 is 22.1. The van der Waals surface area contributed by atoms with E-state index in [0.717, 1.165) is 31.7 Å². The second-order valence-corrected chi connectivity index (χ2v) is 5.77. The first-order valence-corrected chi connectivity index (χ1v) is 7.98. The third-order valence-electron chi connectivity index (χ3n) is 4.33. The number of methoxy groups -OCH3 is 3. The van der Waals surface area contributed by atoms with Crippen LogP contribution in [-0.4, -0.2) is 49.5 Å². The first kappa shape index (κ1) is 16.6. The second kappa shape index (κ2) is 7.09. The third-order valence-corrected chi connectivity index (χ3v) is 4.33. The summed E-state index contributed by atoms with van der Waals surface area (Å²) in [6, 6.07) is 2.05. The van der Waals surface area contributed by atoms with Gasteiger partial charge in [0.2, 0.25) is 17.5 Å². The third kappa shape index (κ3) is 3.17. The number of aryl methyl sites for hydroxylation is 1. The fourth-order valence-electron chi connectivity index (χ4n) is 3.17. The number of benzene rings is 1.